The van der Waals surface area contributed by atoms with Crippen LogP contribution in [0.15, 0.2) is 4.52 Å². The van der Waals surface area contributed by atoms with E-state index in [4.69, 9.17) is 4.52 Å². The molecule has 6 nitrogen and oxygen atoms in total. The monoisotopic (exact) mass is 238 g/mol. The average Bonchev–Trinajstić information content (AvgIpc) is 2.88. The van der Waals surface area contributed by atoms with Crippen LogP contribution in [0.5, 0.6) is 0 Å². The van der Waals surface area contributed by atoms with Gasteiger partial charge >= 0.3 is 0 Å². The number of aromatic nitrogens is 2. The zero-order valence-electron chi connectivity index (χ0n) is 10.5. The van der Waals surface area contributed by atoms with Gasteiger partial charge in [0.05, 0.1) is 12.6 Å². The fraction of sp³-hybridized carbons (Fsp3) is 0.727. The molecule has 94 valence electrons. The lowest BCUT2D eigenvalue weighted by molar-refractivity contribution is -0.130. The quantitative estimate of drug-likeness (QED) is 0.754. The largest absolute Gasteiger partial charge is 0.344 e. The number of carbonyl (C=O) groups is 1. The summed E-state index contributed by atoms with van der Waals surface area (Å²) in [5, 5.41) is 3.89. The third-order valence-electron chi connectivity index (χ3n) is 3.13. The van der Waals surface area contributed by atoms with Crippen molar-refractivity contribution in [3.8, 4) is 0 Å². The molecule has 0 spiro atoms. The van der Waals surface area contributed by atoms with Gasteiger partial charge in [0.25, 0.3) is 0 Å². The molecule has 0 saturated carbocycles. The maximum absolute atomic E-state index is 11.8. The molecule has 1 fully saturated rings. The molecule has 0 aliphatic carbocycles. The Balaban J connectivity index is 1.97. The predicted octanol–water partition coefficient (Wildman–Crippen LogP) is 0.294. The van der Waals surface area contributed by atoms with Gasteiger partial charge in [0.1, 0.15) is 0 Å². The Hall–Kier alpha value is -1.43. The second-order valence-corrected chi connectivity index (χ2v) is 4.44. The van der Waals surface area contributed by atoms with Crippen LogP contribution in [0.4, 0.5) is 0 Å². The SMILES string of the molecule is CCc1nc(CN(C)C2CCN(C)C2=O)no1. The van der Waals surface area contributed by atoms with Gasteiger partial charge in [0.15, 0.2) is 5.82 Å². The third-order valence-corrected chi connectivity index (χ3v) is 3.13. The summed E-state index contributed by atoms with van der Waals surface area (Å²) >= 11 is 0. The zero-order chi connectivity index (χ0) is 12.4. The van der Waals surface area contributed by atoms with E-state index in [-0.39, 0.29) is 11.9 Å². The summed E-state index contributed by atoms with van der Waals surface area (Å²) < 4.78 is 5.04. The molecule has 0 N–H and O–H groups in total. The molecule has 1 aromatic rings. The van der Waals surface area contributed by atoms with Crippen molar-refractivity contribution < 1.29 is 9.32 Å². The highest BCUT2D eigenvalue weighted by Crippen LogP contribution is 2.15. The normalized spacial score (nSPS) is 20.6. The van der Waals surface area contributed by atoms with Gasteiger partial charge in [-0.25, -0.2) is 0 Å². The first-order valence-corrected chi connectivity index (χ1v) is 5.88. The summed E-state index contributed by atoms with van der Waals surface area (Å²) in [6, 6.07) is -0.0522. The number of rotatable bonds is 4. The van der Waals surface area contributed by atoms with E-state index < -0.39 is 0 Å². The highest BCUT2D eigenvalue weighted by atomic mass is 16.5. The van der Waals surface area contributed by atoms with Crippen LogP contribution >= 0.6 is 0 Å². The van der Waals surface area contributed by atoms with Crippen LogP contribution in [-0.4, -0.2) is 52.5 Å². The lowest BCUT2D eigenvalue weighted by Gasteiger charge is -2.20. The average molecular weight is 238 g/mol. The van der Waals surface area contributed by atoms with Crippen molar-refractivity contribution >= 4 is 5.91 Å². The highest BCUT2D eigenvalue weighted by molar-refractivity contribution is 5.83. The summed E-state index contributed by atoms with van der Waals surface area (Å²) in [4.78, 5) is 19.8. The Morgan fingerprint density at radius 3 is 2.88 bits per heavy atom. The molecule has 1 unspecified atom stereocenters. The molecule has 2 rings (SSSR count). The van der Waals surface area contributed by atoms with Gasteiger partial charge in [-0.15, -0.1) is 0 Å². The van der Waals surface area contributed by atoms with Crippen LogP contribution in [0.1, 0.15) is 25.1 Å². The lowest BCUT2D eigenvalue weighted by atomic mass is 10.2. The number of aryl methyl sites for hydroxylation is 1. The summed E-state index contributed by atoms with van der Waals surface area (Å²) in [5.74, 6) is 1.46. The second kappa shape index (κ2) is 4.83. The van der Waals surface area contributed by atoms with Crippen LogP contribution in [0.3, 0.4) is 0 Å². The van der Waals surface area contributed by atoms with E-state index in [0.29, 0.717) is 18.3 Å². The third kappa shape index (κ3) is 2.46. The number of hydrogen-bond donors (Lipinski definition) is 0. The molecule has 1 aliphatic rings. The second-order valence-electron chi connectivity index (χ2n) is 4.44. The molecular weight excluding hydrogens is 220 g/mol. The molecule has 1 amide bonds. The fourth-order valence-corrected chi connectivity index (χ4v) is 2.04. The molecule has 17 heavy (non-hydrogen) atoms. The van der Waals surface area contributed by atoms with Crippen molar-refractivity contribution in [2.75, 3.05) is 20.6 Å². The maximum atomic E-state index is 11.8. The van der Waals surface area contributed by atoms with Crippen LogP contribution < -0.4 is 0 Å². The number of hydrogen-bond acceptors (Lipinski definition) is 5. The van der Waals surface area contributed by atoms with E-state index in [9.17, 15) is 4.79 Å². The summed E-state index contributed by atoms with van der Waals surface area (Å²) in [5.41, 5.74) is 0. The van der Waals surface area contributed by atoms with Gasteiger partial charge in [-0.05, 0) is 13.5 Å². The topological polar surface area (TPSA) is 62.5 Å². The summed E-state index contributed by atoms with van der Waals surface area (Å²) in [6.45, 7) is 3.34. The minimum Gasteiger partial charge on any atom is -0.344 e. The van der Waals surface area contributed by atoms with Gasteiger partial charge < -0.3 is 9.42 Å². The summed E-state index contributed by atoms with van der Waals surface area (Å²) in [6.07, 6.45) is 1.60. The Labute approximate surface area is 101 Å². The van der Waals surface area contributed by atoms with Crippen molar-refractivity contribution in [1.82, 2.24) is 19.9 Å². The Morgan fingerprint density at radius 2 is 2.35 bits per heavy atom. The molecule has 2 heterocycles. The molecule has 0 radical (unpaired) electrons. The molecule has 1 saturated heterocycles. The predicted molar refractivity (Wildman–Crippen MR) is 61.2 cm³/mol. The van der Waals surface area contributed by atoms with Gasteiger partial charge in [-0.2, -0.15) is 4.98 Å². The summed E-state index contributed by atoms with van der Waals surface area (Å²) in [7, 11) is 3.75. The van der Waals surface area contributed by atoms with Crippen LogP contribution in [0, 0.1) is 0 Å². The molecule has 0 bridgehead atoms. The Kier molecular flexibility index (Phi) is 3.42. The van der Waals surface area contributed by atoms with Gasteiger partial charge in [0, 0.05) is 20.0 Å². The zero-order valence-corrected chi connectivity index (χ0v) is 10.5. The van der Waals surface area contributed by atoms with Crippen LogP contribution in [0.2, 0.25) is 0 Å². The minimum absolute atomic E-state index is 0.0522. The van der Waals surface area contributed by atoms with Gasteiger partial charge in [0.2, 0.25) is 11.8 Å². The van der Waals surface area contributed by atoms with Gasteiger partial charge in [-0.3, -0.25) is 9.69 Å². The highest BCUT2D eigenvalue weighted by Gasteiger charge is 2.32. The molecule has 6 heteroatoms. The first-order valence-electron chi connectivity index (χ1n) is 5.88. The minimum atomic E-state index is -0.0522. The standard InChI is InChI=1S/C11H18N4O2/c1-4-10-12-9(13-17-10)7-15(3)8-5-6-14(2)11(8)16/h8H,4-7H2,1-3H3. The fourth-order valence-electron chi connectivity index (χ4n) is 2.04. The number of likely N-dealkylation sites (tertiary alicyclic amines) is 1. The molecular formula is C11H18N4O2. The Morgan fingerprint density at radius 1 is 1.59 bits per heavy atom. The van der Waals surface area contributed by atoms with E-state index in [0.717, 1.165) is 19.4 Å². The first kappa shape index (κ1) is 12.0. The van der Waals surface area contributed by atoms with Crippen molar-refractivity contribution in [2.24, 2.45) is 0 Å². The van der Waals surface area contributed by atoms with Crippen molar-refractivity contribution in [3.05, 3.63) is 11.7 Å². The van der Waals surface area contributed by atoms with E-state index in [1.807, 2.05) is 25.9 Å². The van der Waals surface area contributed by atoms with E-state index in [1.165, 1.54) is 0 Å². The number of amides is 1. The van der Waals surface area contributed by atoms with Crippen LogP contribution in [0.25, 0.3) is 0 Å². The van der Waals surface area contributed by atoms with E-state index in [2.05, 4.69) is 10.1 Å². The first-order chi connectivity index (χ1) is 8.11. The van der Waals surface area contributed by atoms with E-state index in [1.54, 1.807) is 4.90 Å². The van der Waals surface area contributed by atoms with Crippen molar-refractivity contribution in [2.45, 2.75) is 32.4 Å². The maximum Gasteiger partial charge on any atom is 0.239 e. The van der Waals surface area contributed by atoms with Crippen LogP contribution in [-0.2, 0) is 17.8 Å². The molecule has 1 aromatic heterocycles. The van der Waals surface area contributed by atoms with Gasteiger partial charge in [-0.1, -0.05) is 12.1 Å². The van der Waals surface area contributed by atoms with Crippen molar-refractivity contribution in [3.63, 3.8) is 0 Å². The van der Waals surface area contributed by atoms with Crippen molar-refractivity contribution in [1.29, 1.82) is 0 Å². The lowest BCUT2D eigenvalue weighted by Crippen LogP contribution is -2.38. The number of nitrogens with zero attached hydrogens (tertiary/aromatic N) is 4. The Bertz CT molecular complexity index is 404. The molecule has 1 atom stereocenters. The smallest absolute Gasteiger partial charge is 0.239 e. The molecule has 0 aromatic carbocycles. The molecule has 1 aliphatic heterocycles. The number of carbonyl (C=O) groups excluding carboxylic acids is 1. The van der Waals surface area contributed by atoms with E-state index >= 15 is 0 Å². The number of likely N-dealkylation sites (N-methyl/N-ethyl adjacent to an activating group) is 2.